The Kier molecular flexibility index (Phi) is 5.24. The van der Waals surface area contributed by atoms with Gasteiger partial charge in [-0.1, -0.05) is 23.7 Å². The summed E-state index contributed by atoms with van der Waals surface area (Å²) >= 11 is 5.88. The molecule has 8 heteroatoms. The third-order valence-corrected chi connectivity index (χ3v) is 3.27. The third kappa shape index (κ3) is 4.15. The van der Waals surface area contributed by atoms with Crippen LogP contribution in [0.4, 0.5) is 15.8 Å². The summed E-state index contributed by atoms with van der Waals surface area (Å²) in [5.41, 5.74) is 0.154. The van der Waals surface area contributed by atoms with Gasteiger partial charge in [0.2, 0.25) is 0 Å². The van der Waals surface area contributed by atoms with Crippen LogP contribution < -0.4 is 5.32 Å². The lowest BCUT2D eigenvalue weighted by molar-refractivity contribution is -0.384. The van der Waals surface area contributed by atoms with Gasteiger partial charge in [-0.15, -0.1) is 0 Å². The molecule has 0 unspecified atom stereocenters. The summed E-state index contributed by atoms with van der Waals surface area (Å²) < 4.78 is 12.9. The van der Waals surface area contributed by atoms with Crippen molar-refractivity contribution in [3.63, 3.8) is 0 Å². The second kappa shape index (κ2) is 7.35. The van der Waals surface area contributed by atoms with Gasteiger partial charge in [-0.3, -0.25) is 14.9 Å². The molecule has 2 aromatic carbocycles. The topological polar surface area (TPSA) is 96.0 Å². The largest absolute Gasteiger partial charge is 0.320 e. The van der Waals surface area contributed by atoms with E-state index in [1.807, 2.05) is 0 Å². The third-order valence-electron chi connectivity index (χ3n) is 2.96. The van der Waals surface area contributed by atoms with E-state index in [1.165, 1.54) is 42.5 Å². The van der Waals surface area contributed by atoms with E-state index in [4.69, 9.17) is 16.9 Å². The van der Waals surface area contributed by atoms with Crippen LogP contribution >= 0.6 is 11.6 Å². The Morgan fingerprint density at radius 3 is 2.50 bits per heavy atom. The average molecular weight is 346 g/mol. The van der Waals surface area contributed by atoms with E-state index in [2.05, 4.69) is 5.32 Å². The smallest absolute Gasteiger partial charge is 0.271 e. The standard InChI is InChI=1S/C16H9ClFN3O3/c17-14-8-13(21(23)24)5-6-15(14)20-16(22)11(9-19)7-10-1-3-12(18)4-2-10/h1-8H,(H,20,22)/b11-7-. The molecule has 0 aliphatic carbocycles. The molecule has 24 heavy (non-hydrogen) atoms. The predicted molar refractivity (Wildman–Crippen MR) is 86.7 cm³/mol. The van der Waals surface area contributed by atoms with Gasteiger partial charge in [0.1, 0.15) is 17.5 Å². The number of benzene rings is 2. The van der Waals surface area contributed by atoms with Crippen molar-refractivity contribution in [1.82, 2.24) is 0 Å². The fourth-order valence-corrected chi connectivity index (χ4v) is 2.00. The van der Waals surface area contributed by atoms with Crippen molar-refractivity contribution in [2.24, 2.45) is 0 Å². The summed E-state index contributed by atoms with van der Waals surface area (Å²) in [5.74, 6) is -1.18. The molecule has 0 aliphatic rings. The lowest BCUT2D eigenvalue weighted by Gasteiger charge is -2.06. The Bertz CT molecular complexity index is 873. The van der Waals surface area contributed by atoms with E-state index in [0.717, 1.165) is 6.07 Å². The van der Waals surface area contributed by atoms with Crippen molar-refractivity contribution in [1.29, 1.82) is 5.26 Å². The molecule has 1 N–H and O–H groups in total. The van der Waals surface area contributed by atoms with Crippen LogP contribution in [-0.4, -0.2) is 10.8 Å². The van der Waals surface area contributed by atoms with Crippen LogP contribution in [0.2, 0.25) is 5.02 Å². The van der Waals surface area contributed by atoms with Crippen molar-refractivity contribution >= 4 is 35.0 Å². The molecule has 0 bridgehead atoms. The molecule has 2 aromatic rings. The monoisotopic (exact) mass is 345 g/mol. The quantitative estimate of drug-likeness (QED) is 0.393. The van der Waals surface area contributed by atoms with Crippen molar-refractivity contribution in [3.05, 3.63) is 74.6 Å². The van der Waals surface area contributed by atoms with E-state index in [0.29, 0.717) is 5.56 Å². The molecule has 0 atom stereocenters. The van der Waals surface area contributed by atoms with Gasteiger partial charge in [-0.25, -0.2) is 4.39 Å². The first-order valence-electron chi connectivity index (χ1n) is 6.53. The zero-order valence-electron chi connectivity index (χ0n) is 12.0. The number of carbonyl (C=O) groups is 1. The molecule has 0 aromatic heterocycles. The molecule has 0 fully saturated rings. The zero-order chi connectivity index (χ0) is 17.7. The first-order valence-corrected chi connectivity index (χ1v) is 6.91. The number of non-ortho nitro benzene ring substituents is 1. The number of nitrogens with one attached hydrogen (secondary N) is 1. The molecule has 0 aliphatic heterocycles. The summed E-state index contributed by atoms with van der Waals surface area (Å²) in [6.45, 7) is 0. The van der Waals surface area contributed by atoms with E-state index < -0.39 is 16.6 Å². The minimum atomic E-state index is -0.738. The molecule has 0 spiro atoms. The number of hydrogen-bond acceptors (Lipinski definition) is 4. The Morgan fingerprint density at radius 2 is 1.96 bits per heavy atom. The predicted octanol–water partition coefficient (Wildman–Crippen LogP) is 3.93. The van der Waals surface area contributed by atoms with Gasteiger partial charge in [0.15, 0.2) is 0 Å². The van der Waals surface area contributed by atoms with Gasteiger partial charge >= 0.3 is 0 Å². The van der Waals surface area contributed by atoms with Crippen LogP contribution in [-0.2, 0) is 4.79 Å². The van der Waals surface area contributed by atoms with Gasteiger partial charge in [0, 0.05) is 12.1 Å². The minimum absolute atomic E-state index is 0.0309. The van der Waals surface area contributed by atoms with Crippen LogP contribution in [0.25, 0.3) is 6.08 Å². The number of halogens is 2. The maximum absolute atomic E-state index is 12.9. The Morgan fingerprint density at radius 1 is 1.29 bits per heavy atom. The molecular weight excluding hydrogens is 337 g/mol. The number of carbonyl (C=O) groups excluding carboxylic acids is 1. The lowest BCUT2D eigenvalue weighted by Crippen LogP contribution is -2.13. The summed E-state index contributed by atoms with van der Waals surface area (Å²) in [4.78, 5) is 22.1. The Balaban J connectivity index is 2.22. The number of amides is 1. The highest BCUT2D eigenvalue weighted by Crippen LogP contribution is 2.27. The normalized spacial score (nSPS) is 10.8. The highest BCUT2D eigenvalue weighted by Gasteiger charge is 2.14. The Hall–Kier alpha value is -3.24. The first-order chi connectivity index (χ1) is 11.4. The summed E-state index contributed by atoms with van der Waals surface area (Å²) in [7, 11) is 0. The van der Waals surface area contributed by atoms with Crippen LogP contribution in [0.1, 0.15) is 5.56 Å². The summed E-state index contributed by atoms with van der Waals surface area (Å²) in [6, 6.07) is 10.5. The molecule has 0 heterocycles. The van der Waals surface area contributed by atoms with Crippen LogP contribution in [0.5, 0.6) is 0 Å². The fourth-order valence-electron chi connectivity index (χ4n) is 1.78. The van der Waals surface area contributed by atoms with Gasteiger partial charge < -0.3 is 5.32 Å². The summed E-state index contributed by atoms with van der Waals surface area (Å²) in [5, 5.41) is 22.1. The highest BCUT2D eigenvalue weighted by atomic mass is 35.5. The number of nitro benzene ring substituents is 1. The molecule has 1 amide bonds. The fraction of sp³-hybridized carbons (Fsp3) is 0. The number of rotatable bonds is 4. The molecule has 0 radical (unpaired) electrons. The van der Waals surface area contributed by atoms with Gasteiger partial charge in [0.05, 0.1) is 15.6 Å². The number of nitro groups is 1. The second-order valence-electron chi connectivity index (χ2n) is 4.60. The number of nitrogens with zero attached hydrogens (tertiary/aromatic N) is 2. The first kappa shape index (κ1) is 17.1. The zero-order valence-corrected chi connectivity index (χ0v) is 12.7. The van der Waals surface area contributed by atoms with E-state index in [1.54, 1.807) is 6.07 Å². The molecule has 120 valence electrons. The highest BCUT2D eigenvalue weighted by molar-refractivity contribution is 6.34. The van der Waals surface area contributed by atoms with Crippen molar-refractivity contribution in [2.75, 3.05) is 5.32 Å². The van der Waals surface area contributed by atoms with Crippen molar-refractivity contribution in [2.45, 2.75) is 0 Å². The van der Waals surface area contributed by atoms with Crippen molar-refractivity contribution in [3.8, 4) is 6.07 Å². The molecule has 0 saturated carbocycles. The molecule has 2 rings (SSSR count). The lowest BCUT2D eigenvalue weighted by atomic mass is 10.1. The van der Waals surface area contributed by atoms with Gasteiger partial charge in [-0.05, 0) is 29.8 Å². The van der Waals surface area contributed by atoms with Crippen LogP contribution in [0.3, 0.4) is 0 Å². The number of hydrogen-bond donors (Lipinski definition) is 1. The molecule has 6 nitrogen and oxygen atoms in total. The van der Waals surface area contributed by atoms with E-state index in [9.17, 15) is 19.3 Å². The molecule has 0 saturated heterocycles. The van der Waals surface area contributed by atoms with E-state index >= 15 is 0 Å². The van der Waals surface area contributed by atoms with Crippen LogP contribution in [0.15, 0.2) is 48.0 Å². The minimum Gasteiger partial charge on any atom is -0.320 e. The maximum Gasteiger partial charge on any atom is 0.271 e. The second-order valence-corrected chi connectivity index (χ2v) is 5.00. The molecular formula is C16H9ClFN3O3. The maximum atomic E-state index is 12.9. The number of anilines is 1. The average Bonchev–Trinajstić information content (AvgIpc) is 2.55. The van der Waals surface area contributed by atoms with Gasteiger partial charge in [0.25, 0.3) is 11.6 Å². The SMILES string of the molecule is N#C/C(=C/c1ccc(F)cc1)C(=O)Nc1ccc([N+](=O)[O-])cc1Cl. The Labute approximate surface area is 140 Å². The number of nitriles is 1. The summed E-state index contributed by atoms with van der Waals surface area (Å²) in [6.07, 6.45) is 1.29. The van der Waals surface area contributed by atoms with Gasteiger partial charge in [-0.2, -0.15) is 5.26 Å². The van der Waals surface area contributed by atoms with Crippen LogP contribution in [0, 0.1) is 27.3 Å². The van der Waals surface area contributed by atoms with E-state index in [-0.39, 0.29) is 22.0 Å². The van der Waals surface area contributed by atoms with Crippen molar-refractivity contribution < 1.29 is 14.1 Å².